The van der Waals surface area contributed by atoms with Gasteiger partial charge in [0.15, 0.2) is 0 Å². The predicted molar refractivity (Wildman–Crippen MR) is 88.3 cm³/mol. The molecule has 0 saturated carbocycles. The summed E-state index contributed by atoms with van der Waals surface area (Å²) < 4.78 is 0. The van der Waals surface area contributed by atoms with Crippen LogP contribution < -0.4 is 0 Å². The Morgan fingerprint density at radius 1 is 1.22 bits per heavy atom. The number of rotatable bonds is 3. The lowest BCUT2D eigenvalue weighted by atomic mass is 9.81. The minimum absolute atomic E-state index is 0.399. The molecule has 0 fully saturated rings. The highest BCUT2D eigenvalue weighted by molar-refractivity contribution is 7.15. The van der Waals surface area contributed by atoms with E-state index in [9.17, 15) is 0 Å². The van der Waals surface area contributed by atoms with Crippen LogP contribution in [0, 0.1) is 5.41 Å². The van der Waals surface area contributed by atoms with Crippen LogP contribution in [-0.2, 0) is 0 Å². The van der Waals surface area contributed by atoms with E-state index in [-0.39, 0.29) is 0 Å². The third-order valence-corrected chi connectivity index (χ3v) is 2.51. The van der Waals surface area contributed by atoms with Gasteiger partial charge >= 0.3 is 0 Å². The van der Waals surface area contributed by atoms with Crippen LogP contribution in [0.1, 0.15) is 65.9 Å². The standard InChI is InChI=1S/C13H21N.C2H6.CH5P/c1-5-11(9-13(2,3)4)12-7-6-8-14-10-12;2*1-2/h6-8,10-11H,5,9H2,1-4H3;1-2H3;2H2,1H3. The van der Waals surface area contributed by atoms with Gasteiger partial charge in [-0.15, -0.1) is 9.24 Å². The average Bonchev–Trinajstić information content (AvgIpc) is 2.40. The van der Waals surface area contributed by atoms with Crippen LogP contribution in [0.15, 0.2) is 24.5 Å². The zero-order valence-corrected chi connectivity index (χ0v) is 14.5. The SMILES string of the molecule is CC.CCC(CC(C)(C)C)c1cccnc1.CP. The zero-order valence-electron chi connectivity index (χ0n) is 13.3. The second kappa shape index (κ2) is 11.7. The predicted octanol–water partition coefficient (Wildman–Crippen LogP) is 5.53. The van der Waals surface area contributed by atoms with Gasteiger partial charge in [0.1, 0.15) is 0 Å². The molecule has 0 saturated heterocycles. The van der Waals surface area contributed by atoms with Gasteiger partial charge in [-0.2, -0.15) is 0 Å². The molecule has 0 amide bonds. The second-order valence-electron chi connectivity index (χ2n) is 5.16. The number of hydrogen-bond donors (Lipinski definition) is 0. The van der Waals surface area contributed by atoms with Crippen LogP contribution in [0.4, 0.5) is 0 Å². The fourth-order valence-electron chi connectivity index (χ4n) is 1.85. The summed E-state index contributed by atoms with van der Waals surface area (Å²) in [6, 6.07) is 4.22. The molecule has 1 aromatic rings. The van der Waals surface area contributed by atoms with Crippen LogP contribution >= 0.6 is 9.24 Å². The molecule has 0 spiro atoms. The van der Waals surface area contributed by atoms with Gasteiger partial charge in [0.25, 0.3) is 0 Å². The summed E-state index contributed by atoms with van der Waals surface area (Å²) in [5.74, 6) is 0.656. The van der Waals surface area contributed by atoms with E-state index in [2.05, 4.69) is 48.0 Å². The van der Waals surface area contributed by atoms with Gasteiger partial charge in [-0.1, -0.05) is 54.3 Å². The highest BCUT2D eigenvalue weighted by Crippen LogP contribution is 2.32. The topological polar surface area (TPSA) is 12.9 Å². The highest BCUT2D eigenvalue weighted by atomic mass is 31.0. The third-order valence-electron chi connectivity index (χ3n) is 2.51. The van der Waals surface area contributed by atoms with E-state index in [4.69, 9.17) is 0 Å². The molecule has 0 bridgehead atoms. The van der Waals surface area contributed by atoms with Crippen molar-refractivity contribution in [3.8, 4) is 0 Å². The Labute approximate surface area is 117 Å². The summed E-state index contributed by atoms with van der Waals surface area (Å²) in [7, 11) is 2.42. The van der Waals surface area contributed by atoms with Gasteiger partial charge in [0.05, 0.1) is 0 Å². The highest BCUT2D eigenvalue weighted by Gasteiger charge is 2.18. The molecule has 18 heavy (non-hydrogen) atoms. The van der Waals surface area contributed by atoms with Crippen molar-refractivity contribution in [3.63, 3.8) is 0 Å². The Bertz CT molecular complexity index is 264. The molecule has 0 aliphatic heterocycles. The summed E-state index contributed by atoms with van der Waals surface area (Å²) >= 11 is 0. The van der Waals surface area contributed by atoms with E-state index in [1.54, 1.807) is 0 Å². The Kier molecular flexibility index (Phi) is 12.9. The Balaban J connectivity index is 0. The van der Waals surface area contributed by atoms with Crippen LogP contribution in [-0.4, -0.2) is 11.6 Å². The maximum atomic E-state index is 4.18. The molecule has 2 atom stereocenters. The smallest absolute Gasteiger partial charge is 0.0302 e. The molecular formula is C16H32NP. The van der Waals surface area contributed by atoms with Crippen molar-refractivity contribution < 1.29 is 0 Å². The quantitative estimate of drug-likeness (QED) is 0.657. The van der Waals surface area contributed by atoms with Crippen molar-refractivity contribution in [1.29, 1.82) is 0 Å². The van der Waals surface area contributed by atoms with E-state index >= 15 is 0 Å². The fourth-order valence-corrected chi connectivity index (χ4v) is 1.85. The molecule has 0 aliphatic carbocycles. The molecule has 0 radical (unpaired) electrons. The monoisotopic (exact) mass is 269 g/mol. The van der Waals surface area contributed by atoms with E-state index in [0.717, 1.165) is 0 Å². The molecule has 2 heteroatoms. The lowest BCUT2D eigenvalue weighted by Gasteiger charge is -2.25. The lowest BCUT2D eigenvalue weighted by molar-refractivity contribution is 0.335. The average molecular weight is 269 g/mol. The zero-order chi connectivity index (χ0) is 14.6. The van der Waals surface area contributed by atoms with Crippen molar-refractivity contribution in [1.82, 2.24) is 4.98 Å². The first kappa shape index (κ1) is 19.9. The Hall–Kier alpha value is -0.420. The van der Waals surface area contributed by atoms with Crippen molar-refractivity contribution in [3.05, 3.63) is 30.1 Å². The van der Waals surface area contributed by atoms with E-state index in [1.807, 2.05) is 39.0 Å². The number of nitrogens with zero attached hydrogens (tertiary/aromatic N) is 1. The first-order valence-electron chi connectivity index (χ1n) is 7.00. The molecule has 0 aromatic carbocycles. The van der Waals surface area contributed by atoms with Gasteiger partial charge in [0, 0.05) is 12.4 Å². The van der Waals surface area contributed by atoms with E-state index in [1.165, 1.54) is 18.4 Å². The summed E-state index contributed by atoms with van der Waals surface area (Å²) in [5.41, 5.74) is 1.78. The second-order valence-corrected chi connectivity index (χ2v) is 5.16. The maximum absolute atomic E-state index is 4.18. The van der Waals surface area contributed by atoms with Crippen molar-refractivity contribution >= 4 is 9.24 Å². The number of pyridine rings is 1. The summed E-state index contributed by atoms with van der Waals surface area (Å²) in [6.07, 6.45) is 6.27. The largest absolute Gasteiger partial charge is 0.264 e. The number of hydrogen-bond acceptors (Lipinski definition) is 1. The van der Waals surface area contributed by atoms with Crippen LogP contribution in [0.5, 0.6) is 0 Å². The molecule has 1 aromatic heterocycles. The van der Waals surface area contributed by atoms with E-state index in [0.29, 0.717) is 11.3 Å². The van der Waals surface area contributed by atoms with Gasteiger partial charge in [0.2, 0.25) is 0 Å². The summed E-state index contributed by atoms with van der Waals surface area (Å²) in [6.45, 7) is 15.1. The minimum Gasteiger partial charge on any atom is -0.264 e. The van der Waals surface area contributed by atoms with Crippen LogP contribution in [0.25, 0.3) is 0 Å². The minimum atomic E-state index is 0.399. The van der Waals surface area contributed by atoms with Gasteiger partial charge < -0.3 is 0 Å². The van der Waals surface area contributed by atoms with Crippen molar-refractivity contribution in [2.75, 3.05) is 6.66 Å². The van der Waals surface area contributed by atoms with Gasteiger partial charge in [-0.05, 0) is 35.8 Å². The van der Waals surface area contributed by atoms with E-state index < -0.39 is 0 Å². The molecule has 1 heterocycles. The number of aromatic nitrogens is 1. The van der Waals surface area contributed by atoms with Gasteiger partial charge in [-0.25, -0.2) is 0 Å². The van der Waals surface area contributed by atoms with Gasteiger partial charge in [-0.3, -0.25) is 4.98 Å². The lowest BCUT2D eigenvalue weighted by Crippen LogP contribution is -2.11. The van der Waals surface area contributed by atoms with Crippen LogP contribution in [0.2, 0.25) is 0 Å². The molecule has 106 valence electrons. The third kappa shape index (κ3) is 9.59. The molecule has 0 N–H and O–H groups in total. The van der Waals surface area contributed by atoms with Crippen LogP contribution in [0.3, 0.4) is 0 Å². The first-order valence-corrected chi connectivity index (χ1v) is 8.16. The Morgan fingerprint density at radius 3 is 2.11 bits per heavy atom. The normalized spacial score (nSPS) is 11.6. The summed E-state index contributed by atoms with van der Waals surface area (Å²) in [4.78, 5) is 4.18. The molecule has 0 aliphatic rings. The Morgan fingerprint density at radius 2 is 1.78 bits per heavy atom. The molecule has 1 rings (SSSR count). The van der Waals surface area contributed by atoms with Crippen molar-refractivity contribution in [2.24, 2.45) is 5.41 Å². The van der Waals surface area contributed by atoms with Crippen molar-refractivity contribution in [2.45, 2.75) is 60.3 Å². The maximum Gasteiger partial charge on any atom is 0.0302 e. The molecule has 2 unspecified atom stereocenters. The molecule has 1 nitrogen and oxygen atoms in total. The summed E-state index contributed by atoms with van der Waals surface area (Å²) in [5, 5.41) is 0. The molecular weight excluding hydrogens is 237 g/mol. The fraction of sp³-hybridized carbons (Fsp3) is 0.688. The first-order chi connectivity index (χ1) is 8.53.